The number of hydrogen-bond acceptors (Lipinski definition) is 14. The van der Waals surface area contributed by atoms with E-state index in [0.29, 0.717) is 0 Å². The van der Waals surface area contributed by atoms with Crippen LogP contribution in [0, 0.1) is 16.0 Å². The molecular weight excluding hydrogens is 907 g/mol. The van der Waals surface area contributed by atoms with Crippen LogP contribution >= 0.6 is 0 Å². The summed E-state index contributed by atoms with van der Waals surface area (Å²) in [5.74, 6) is -2.89. The molecule has 0 spiro atoms. The van der Waals surface area contributed by atoms with E-state index >= 15 is 0 Å². The second-order valence-corrected chi connectivity index (χ2v) is 19.7. The lowest BCUT2D eigenvalue weighted by Gasteiger charge is -2.29. The molecule has 2 saturated heterocycles. The summed E-state index contributed by atoms with van der Waals surface area (Å²) in [6.07, 6.45) is -1.19. The molecule has 2 heterocycles. The van der Waals surface area contributed by atoms with E-state index in [1.54, 1.807) is 69.6 Å². The van der Waals surface area contributed by atoms with Crippen molar-refractivity contribution in [2.45, 2.75) is 104 Å². The van der Waals surface area contributed by atoms with Gasteiger partial charge in [0.1, 0.15) is 35.8 Å². The number of rotatable bonds is 14. The van der Waals surface area contributed by atoms with Gasteiger partial charge in [0, 0.05) is 23.7 Å². The second-order valence-electron chi connectivity index (χ2n) is 19.7. The zero-order valence-corrected chi connectivity index (χ0v) is 41.9. The van der Waals surface area contributed by atoms with Crippen molar-refractivity contribution in [3.63, 3.8) is 0 Å². The third kappa shape index (κ3) is 13.3. The summed E-state index contributed by atoms with van der Waals surface area (Å²) in [5.41, 5.74) is 0.0885. The molecule has 2 fully saturated rings. The number of aliphatic carboxylic acids is 1. The Morgan fingerprint density at radius 1 is 0.686 bits per heavy atom. The fourth-order valence-electron chi connectivity index (χ4n) is 7.94. The molecule has 19 heteroatoms. The van der Waals surface area contributed by atoms with Crippen LogP contribution < -0.4 is 9.47 Å². The van der Waals surface area contributed by atoms with Gasteiger partial charge in [0.25, 0.3) is 6.79 Å². The highest BCUT2D eigenvalue weighted by molar-refractivity contribution is 5.90. The molecule has 1 N–H and O–H groups in total. The molecule has 0 saturated carbocycles. The zero-order chi connectivity index (χ0) is 51.8. The van der Waals surface area contributed by atoms with Crippen molar-refractivity contribution in [2.75, 3.05) is 48.2 Å². The maximum absolute atomic E-state index is 13.1. The third-order valence-corrected chi connectivity index (χ3v) is 12.0. The molecule has 6 unspecified atom stereocenters. The summed E-state index contributed by atoms with van der Waals surface area (Å²) in [4.78, 5) is 83.7. The number of nitrogens with zero attached hydrogens (tertiary/aromatic N) is 5. The number of carboxylic acids is 1. The van der Waals surface area contributed by atoms with Crippen LogP contribution in [0.5, 0.6) is 11.5 Å². The Morgan fingerprint density at radius 2 is 1.09 bits per heavy atom. The number of likely N-dealkylation sites (tertiary alicyclic amines) is 2. The van der Waals surface area contributed by atoms with Gasteiger partial charge in [0.15, 0.2) is 0 Å². The molecule has 19 nitrogen and oxygen atoms in total. The van der Waals surface area contributed by atoms with E-state index in [0.717, 1.165) is 49.2 Å². The van der Waals surface area contributed by atoms with Crippen molar-refractivity contribution in [1.29, 1.82) is 0 Å². The van der Waals surface area contributed by atoms with Crippen LogP contribution in [-0.2, 0) is 47.8 Å². The number of carboxylic acid groups (broad SMARTS) is 1. The van der Waals surface area contributed by atoms with Gasteiger partial charge >= 0.3 is 23.9 Å². The maximum atomic E-state index is 13.1. The summed E-state index contributed by atoms with van der Waals surface area (Å²) in [6, 6.07) is 20.9. The Bertz CT molecular complexity index is 2600. The number of fused-ring (bicyclic) bond motifs is 2. The molecule has 378 valence electrons. The largest absolute Gasteiger partial charge is 0.569 e. The standard InChI is InChI=1S/C27H36N4O8.C24H29NO6/c1-17(18-8-9-20-13-21(36-7)11-10-19(20)12-18)24(32)39-22-14-23(30(15-22)26(34)27(2,3)4)25(33)37-16-38-28-31(35)29(5)6;1-14(15-6-7-17-11-18(30-5)9-8-16(17)10-15)22(28)31-19-12-20(21(26)27)25(13-19)23(29)24(2,3)4/h8-13,17,22-23H,14-16H2,1-7H3;6-11,14,19-20H,12-13H2,1-5H3,(H,26,27)/b31-28-;. The minimum Gasteiger partial charge on any atom is -0.569 e. The maximum Gasteiger partial charge on any atom is 0.331 e. The van der Waals surface area contributed by atoms with Crippen molar-refractivity contribution < 1.29 is 67.4 Å². The van der Waals surface area contributed by atoms with E-state index in [9.17, 15) is 39.1 Å². The second kappa shape index (κ2) is 22.5. The van der Waals surface area contributed by atoms with Crippen molar-refractivity contribution >= 4 is 57.2 Å². The van der Waals surface area contributed by atoms with Crippen LogP contribution in [-0.4, -0.2) is 133 Å². The molecule has 6 rings (SSSR count). The van der Waals surface area contributed by atoms with Crippen molar-refractivity contribution in [3.8, 4) is 11.5 Å². The average Bonchev–Trinajstić information content (AvgIpc) is 3.95. The van der Waals surface area contributed by atoms with Crippen LogP contribution in [0.4, 0.5) is 0 Å². The highest BCUT2D eigenvalue weighted by atomic mass is 16.8. The van der Waals surface area contributed by atoms with Crippen molar-refractivity contribution in [1.82, 2.24) is 14.8 Å². The van der Waals surface area contributed by atoms with Crippen LogP contribution in [0.15, 0.2) is 78.1 Å². The number of esters is 3. The summed E-state index contributed by atoms with van der Waals surface area (Å²) in [7, 11) is 6.14. The van der Waals surface area contributed by atoms with Crippen LogP contribution in [0.1, 0.15) is 91.2 Å². The minimum atomic E-state index is -1.09. The van der Waals surface area contributed by atoms with Crippen LogP contribution in [0.3, 0.4) is 0 Å². The first-order valence-corrected chi connectivity index (χ1v) is 22.9. The Kier molecular flexibility index (Phi) is 17.3. The summed E-state index contributed by atoms with van der Waals surface area (Å²) >= 11 is 0. The first-order chi connectivity index (χ1) is 32.8. The average molecular weight is 972 g/mol. The van der Waals surface area contributed by atoms with Gasteiger partial charge in [-0.2, -0.15) is 5.01 Å². The fourth-order valence-corrected chi connectivity index (χ4v) is 7.94. The summed E-state index contributed by atoms with van der Waals surface area (Å²) < 4.78 is 27.0. The third-order valence-electron chi connectivity index (χ3n) is 12.0. The lowest BCUT2D eigenvalue weighted by molar-refractivity contribution is -0.700. The number of hydrazine groups is 1. The molecule has 6 atom stereocenters. The normalized spacial score (nSPS) is 19.1. The van der Waals surface area contributed by atoms with Gasteiger partial charge < -0.3 is 48.6 Å². The van der Waals surface area contributed by atoms with E-state index in [-0.39, 0.29) is 42.7 Å². The first kappa shape index (κ1) is 53.8. The first-order valence-electron chi connectivity index (χ1n) is 22.9. The zero-order valence-electron chi connectivity index (χ0n) is 41.9. The quantitative estimate of drug-likeness (QED) is 0.0256. The molecule has 2 aliphatic heterocycles. The number of hydrogen-bond donors (Lipinski definition) is 1. The lowest BCUT2D eigenvalue weighted by Crippen LogP contribution is -2.46. The van der Waals surface area contributed by atoms with Gasteiger partial charge in [-0.25, -0.2) is 9.59 Å². The molecule has 0 bridgehead atoms. The van der Waals surface area contributed by atoms with Gasteiger partial charge in [0.2, 0.25) is 17.1 Å². The number of amides is 2. The molecule has 4 aromatic rings. The van der Waals surface area contributed by atoms with Gasteiger partial charge in [-0.15, -0.1) is 0 Å². The van der Waals surface area contributed by atoms with E-state index in [1.807, 2.05) is 72.8 Å². The highest BCUT2D eigenvalue weighted by Crippen LogP contribution is 2.33. The molecule has 4 aromatic carbocycles. The number of carbonyl (C=O) groups is 6. The Hall–Kier alpha value is -7.18. The highest BCUT2D eigenvalue weighted by Gasteiger charge is 2.46. The molecule has 70 heavy (non-hydrogen) atoms. The monoisotopic (exact) mass is 971 g/mol. The van der Waals surface area contributed by atoms with Gasteiger partial charge in [0.05, 0.1) is 58.2 Å². The molecule has 2 amide bonds. The summed E-state index contributed by atoms with van der Waals surface area (Å²) in [6.45, 7) is 13.5. The predicted molar refractivity (Wildman–Crippen MR) is 256 cm³/mol. The van der Waals surface area contributed by atoms with Crippen LogP contribution in [0.2, 0.25) is 0 Å². The molecule has 2 aliphatic rings. The minimum absolute atomic E-state index is 0.0477. The molecule has 0 aromatic heterocycles. The van der Waals surface area contributed by atoms with E-state index in [2.05, 4.69) is 5.28 Å². The number of ether oxygens (including phenoxy) is 5. The Balaban J connectivity index is 0.000000267. The van der Waals surface area contributed by atoms with E-state index in [4.69, 9.17) is 28.5 Å². The van der Waals surface area contributed by atoms with Crippen LogP contribution in [0.25, 0.3) is 21.5 Å². The summed E-state index contributed by atoms with van der Waals surface area (Å²) in [5, 5.41) is 29.2. The fraction of sp³-hybridized carbons (Fsp3) is 0.490. The topological polar surface area (TPSA) is 226 Å². The smallest absolute Gasteiger partial charge is 0.331 e. The van der Waals surface area contributed by atoms with Gasteiger partial charge in [-0.1, -0.05) is 90.1 Å². The SMILES string of the molecule is COc1ccc2cc(C(C)C(=O)OC3CC(C(=O)O)N(C(=O)C(C)(C)C)C3)ccc2c1.COc1ccc2cc(C(C)C(=O)OC3CC(C(=O)OCO/N=[N+](\[O-])N(C)C)N(C(=O)C(C)(C)C)C3)ccc2c1. The van der Waals surface area contributed by atoms with Crippen molar-refractivity contribution in [3.05, 3.63) is 89.1 Å². The number of carbonyl (C=O) groups excluding carboxylic acids is 5. The van der Waals surface area contributed by atoms with Gasteiger partial charge in [-0.3, -0.25) is 19.2 Å². The van der Waals surface area contributed by atoms with Crippen molar-refractivity contribution in [2.24, 2.45) is 16.1 Å². The lowest BCUT2D eigenvalue weighted by atomic mass is 9.94. The number of methoxy groups -OCH3 is 2. The number of benzene rings is 4. The van der Waals surface area contributed by atoms with E-state index < -0.39 is 77.6 Å². The molecule has 0 aliphatic carbocycles. The van der Waals surface area contributed by atoms with E-state index in [1.165, 1.54) is 23.9 Å². The molecular formula is C51H65N5O14. The molecule has 0 radical (unpaired) electrons. The predicted octanol–water partition coefficient (Wildman–Crippen LogP) is 6.98. The van der Waals surface area contributed by atoms with Gasteiger partial charge in [-0.05, 0) is 70.8 Å². The Labute approximate surface area is 407 Å². The Morgan fingerprint density at radius 3 is 1.49 bits per heavy atom.